The summed E-state index contributed by atoms with van der Waals surface area (Å²) < 4.78 is 11.1. The van der Waals surface area contributed by atoms with E-state index in [0.29, 0.717) is 19.7 Å². The molecule has 29 heavy (non-hydrogen) atoms. The molecule has 160 valence electrons. The normalized spacial score (nSPS) is 16.4. The second kappa shape index (κ2) is 9.13. The Morgan fingerprint density at radius 1 is 1.17 bits per heavy atom. The molecule has 0 spiro atoms. The predicted molar refractivity (Wildman–Crippen MR) is 122 cm³/mol. The average molecular weight is 417 g/mol. The van der Waals surface area contributed by atoms with Gasteiger partial charge in [-0.25, -0.2) is 4.79 Å². The summed E-state index contributed by atoms with van der Waals surface area (Å²) in [6.07, 6.45) is 1.28. The van der Waals surface area contributed by atoms with Crippen LogP contribution < -0.4 is 10.1 Å². The minimum atomic E-state index is -1.52. The van der Waals surface area contributed by atoms with E-state index in [1.807, 2.05) is 52.0 Å². The number of nitrogens with zero attached hydrogens (tertiary/aromatic N) is 1. The van der Waals surface area contributed by atoms with Crippen LogP contribution in [-0.2, 0) is 4.74 Å². The van der Waals surface area contributed by atoms with Gasteiger partial charge in [-0.15, -0.1) is 5.54 Å². The quantitative estimate of drug-likeness (QED) is 0.545. The number of hydrogen-bond acceptors (Lipinski definition) is 4. The summed E-state index contributed by atoms with van der Waals surface area (Å²) in [6, 6.07) is 8.01. The Morgan fingerprint density at radius 2 is 1.76 bits per heavy atom. The molecule has 0 saturated carbocycles. The molecule has 1 aromatic carbocycles. The van der Waals surface area contributed by atoms with Crippen LogP contribution in [0.5, 0.6) is 5.75 Å². The number of piperidine rings is 1. The van der Waals surface area contributed by atoms with Crippen molar-refractivity contribution in [1.82, 2.24) is 4.90 Å². The van der Waals surface area contributed by atoms with Gasteiger partial charge in [0.05, 0.1) is 6.61 Å². The molecule has 1 saturated heterocycles. The van der Waals surface area contributed by atoms with Crippen LogP contribution in [-0.4, -0.2) is 49.9 Å². The van der Waals surface area contributed by atoms with Crippen LogP contribution in [0.2, 0.25) is 19.6 Å². The lowest BCUT2D eigenvalue weighted by molar-refractivity contribution is 0.0195. The highest BCUT2D eigenvalue weighted by Crippen LogP contribution is 2.29. The van der Waals surface area contributed by atoms with Gasteiger partial charge in [0.15, 0.2) is 0 Å². The molecule has 0 radical (unpaired) electrons. The van der Waals surface area contributed by atoms with Crippen LogP contribution in [0, 0.1) is 11.5 Å². The minimum absolute atomic E-state index is 0.245. The lowest BCUT2D eigenvalue weighted by Crippen LogP contribution is -2.51. The fraction of sp³-hybridized carbons (Fsp3) is 0.609. The zero-order valence-corrected chi connectivity index (χ0v) is 20.0. The first kappa shape index (κ1) is 23.1. The van der Waals surface area contributed by atoms with Crippen LogP contribution >= 0.6 is 0 Å². The van der Waals surface area contributed by atoms with E-state index in [9.17, 15) is 4.79 Å². The topological polar surface area (TPSA) is 50.8 Å². The summed E-state index contributed by atoms with van der Waals surface area (Å²) in [6.45, 7) is 16.3. The Kier molecular flexibility index (Phi) is 7.28. The van der Waals surface area contributed by atoms with Crippen LogP contribution in [0.15, 0.2) is 24.3 Å². The monoisotopic (exact) mass is 416 g/mol. The maximum absolute atomic E-state index is 12.4. The first-order valence-electron chi connectivity index (χ1n) is 10.4. The number of rotatable bonds is 4. The molecule has 1 fully saturated rings. The molecule has 1 amide bonds. The Morgan fingerprint density at radius 3 is 2.24 bits per heavy atom. The number of amides is 1. The molecule has 0 atom stereocenters. The molecule has 0 unspecified atom stereocenters. The Bertz CT molecular complexity index is 744. The molecule has 2 rings (SSSR count). The molecule has 1 N–H and O–H groups in total. The van der Waals surface area contributed by atoms with Crippen molar-refractivity contribution < 1.29 is 14.3 Å². The summed E-state index contributed by atoms with van der Waals surface area (Å²) in [7, 11) is -1.52. The third-order valence-electron chi connectivity index (χ3n) is 4.49. The second-order valence-corrected chi connectivity index (χ2v) is 14.4. The predicted octanol–water partition coefficient (Wildman–Crippen LogP) is 5.15. The van der Waals surface area contributed by atoms with Gasteiger partial charge in [-0.05, 0) is 64.8 Å². The van der Waals surface area contributed by atoms with E-state index in [0.717, 1.165) is 24.3 Å². The van der Waals surface area contributed by atoms with Crippen LogP contribution in [0.3, 0.4) is 0 Å². The van der Waals surface area contributed by atoms with E-state index in [-0.39, 0.29) is 11.6 Å². The van der Waals surface area contributed by atoms with Gasteiger partial charge in [-0.1, -0.05) is 25.6 Å². The number of benzene rings is 1. The first-order valence-corrected chi connectivity index (χ1v) is 13.9. The number of likely N-dealkylation sites (tertiary alicyclic amines) is 1. The lowest BCUT2D eigenvalue weighted by atomic mass is 9.88. The van der Waals surface area contributed by atoms with E-state index >= 15 is 0 Å². The van der Waals surface area contributed by atoms with Crippen molar-refractivity contribution in [2.24, 2.45) is 0 Å². The standard InChI is InChI=1S/C23H36N2O3Si/c1-8-27-20-11-9-19(10-12-20)24-23(15-18-29(5,6)7)13-16-25(17-14-23)21(26)28-22(2,3)4/h9-12,24H,8,13-14,16-17H2,1-7H3. The summed E-state index contributed by atoms with van der Waals surface area (Å²) in [5, 5.41) is 3.66. The summed E-state index contributed by atoms with van der Waals surface area (Å²) in [5.74, 6) is 4.42. The highest BCUT2D eigenvalue weighted by Gasteiger charge is 2.36. The van der Waals surface area contributed by atoms with Gasteiger partial charge >= 0.3 is 6.09 Å². The van der Waals surface area contributed by atoms with Crippen LogP contribution in [0.25, 0.3) is 0 Å². The van der Waals surface area contributed by atoms with E-state index in [1.54, 1.807) is 4.90 Å². The third-order valence-corrected chi connectivity index (χ3v) is 5.37. The maximum atomic E-state index is 12.4. The molecule has 6 heteroatoms. The van der Waals surface area contributed by atoms with Crippen LogP contribution in [0.1, 0.15) is 40.5 Å². The highest BCUT2D eigenvalue weighted by molar-refractivity contribution is 6.83. The van der Waals surface area contributed by atoms with Gasteiger partial charge in [0.1, 0.15) is 25.0 Å². The fourth-order valence-electron chi connectivity index (χ4n) is 3.06. The van der Waals surface area contributed by atoms with Gasteiger partial charge in [0.2, 0.25) is 0 Å². The van der Waals surface area contributed by atoms with E-state index in [1.165, 1.54) is 0 Å². The molecule has 0 aliphatic carbocycles. The number of hydrogen-bond donors (Lipinski definition) is 1. The number of carbonyl (C=O) groups is 1. The van der Waals surface area contributed by atoms with Crippen molar-refractivity contribution in [2.75, 3.05) is 25.0 Å². The van der Waals surface area contributed by atoms with E-state index < -0.39 is 13.7 Å². The number of ether oxygens (including phenoxy) is 2. The van der Waals surface area contributed by atoms with Crippen molar-refractivity contribution in [1.29, 1.82) is 0 Å². The Balaban J connectivity index is 2.16. The van der Waals surface area contributed by atoms with Crippen LogP contribution in [0.4, 0.5) is 10.5 Å². The molecule has 5 nitrogen and oxygen atoms in total. The first-order chi connectivity index (χ1) is 13.4. The average Bonchev–Trinajstić information content (AvgIpc) is 2.61. The third kappa shape index (κ3) is 7.66. The molecular weight excluding hydrogens is 380 g/mol. The summed E-state index contributed by atoms with van der Waals surface area (Å²) >= 11 is 0. The number of nitrogens with one attached hydrogen (secondary N) is 1. The summed E-state index contributed by atoms with van der Waals surface area (Å²) in [5.41, 5.74) is 3.73. The SMILES string of the molecule is CCOc1ccc(NC2(C#C[Si](C)(C)C)CCN(C(=O)OC(C)(C)C)CC2)cc1. The summed E-state index contributed by atoms with van der Waals surface area (Å²) in [4.78, 5) is 14.2. The van der Waals surface area contributed by atoms with Gasteiger partial charge in [-0.2, -0.15) is 0 Å². The van der Waals surface area contributed by atoms with Crippen molar-refractivity contribution >= 4 is 19.9 Å². The zero-order chi connectivity index (χ0) is 21.7. The maximum Gasteiger partial charge on any atom is 0.410 e. The molecule has 0 aromatic heterocycles. The lowest BCUT2D eigenvalue weighted by Gasteiger charge is -2.40. The van der Waals surface area contributed by atoms with Crippen molar-refractivity contribution in [2.45, 2.75) is 71.3 Å². The Hall–Kier alpha value is -2.13. The minimum Gasteiger partial charge on any atom is -0.494 e. The van der Waals surface area contributed by atoms with E-state index in [4.69, 9.17) is 9.47 Å². The molecule has 1 heterocycles. The second-order valence-electron chi connectivity index (χ2n) is 9.63. The smallest absolute Gasteiger partial charge is 0.410 e. The number of carbonyl (C=O) groups excluding carboxylic acids is 1. The fourth-order valence-corrected chi connectivity index (χ4v) is 3.68. The van der Waals surface area contributed by atoms with Crippen molar-refractivity contribution in [3.63, 3.8) is 0 Å². The largest absolute Gasteiger partial charge is 0.494 e. The molecule has 1 aliphatic heterocycles. The molecule has 1 aliphatic rings. The Labute approximate surface area is 177 Å². The molecule has 1 aromatic rings. The van der Waals surface area contributed by atoms with Crippen molar-refractivity contribution in [3.8, 4) is 17.2 Å². The number of anilines is 1. The molecule has 0 bridgehead atoms. The van der Waals surface area contributed by atoms with Gasteiger partial charge in [0, 0.05) is 18.8 Å². The van der Waals surface area contributed by atoms with Gasteiger partial charge < -0.3 is 19.7 Å². The van der Waals surface area contributed by atoms with Crippen molar-refractivity contribution in [3.05, 3.63) is 24.3 Å². The van der Waals surface area contributed by atoms with Gasteiger partial charge in [0.25, 0.3) is 0 Å². The zero-order valence-electron chi connectivity index (χ0n) is 19.0. The molecular formula is C23H36N2O3Si. The van der Waals surface area contributed by atoms with E-state index in [2.05, 4.69) is 36.4 Å². The van der Waals surface area contributed by atoms with Gasteiger partial charge in [-0.3, -0.25) is 0 Å². The highest BCUT2D eigenvalue weighted by atomic mass is 28.3.